The van der Waals surface area contributed by atoms with Crippen LogP contribution in [0, 0.1) is 11.7 Å². The first-order valence-electron chi connectivity index (χ1n) is 7.95. The van der Waals surface area contributed by atoms with Crippen molar-refractivity contribution in [2.24, 2.45) is 5.92 Å². The van der Waals surface area contributed by atoms with Gasteiger partial charge in [0.1, 0.15) is 5.82 Å². The molecule has 1 aliphatic carbocycles. The summed E-state index contributed by atoms with van der Waals surface area (Å²) in [7, 11) is 0. The molecular weight excluding hydrogens is 285 g/mol. The first-order chi connectivity index (χ1) is 10.6. The molecule has 2 fully saturated rings. The molecule has 1 amide bonds. The Morgan fingerprint density at radius 2 is 2.27 bits per heavy atom. The minimum Gasteiger partial charge on any atom is -0.393 e. The third-order valence-electron chi connectivity index (χ3n) is 4.76. The van der Waals surface area contributed by atoms with Crippen LogP contribution in [0.3, 0.4) is 0 Å². The third-order valence-corrected chi connectivity index (χ3v) is 4.76. The van der Waals surface area contributed by atoms with E-state index in [0.29, 0.717) is 25.3 Å². The zero-order chi connectivity index (χ0) is 15.5. The van der Waals surface area contributed by atoms with Crippen LogP contribution in [-0.2, 0) is 16.0 Å². The smallest absolute Gasteiger partial charge is 0.227 e. The molecular formula is C17H22FNO3. The number of carbonyl (C=O) groups is 1. The lowest BCUT2D eigenvalue weighted by Crippen LogP contribution is -2.54. The second kappa shape index (κ2) is 6.75. The number of hydrogen-bond acceptors (Lipinski definition) is 3. The van der Waals surface area contributed by atoms with Gasteiger partial charge in [0.15, 0.2) is 0 Å². The SMILES string of the molecule is O=C(Cc1cccc(F)c1)N1CCOC[C@@H]1[C@@H]1CCC[C@@H]1O. The van der Waals surface area contributed by atoms with Gasteiger partial charge in [-0.3, -0.25) is 4.79 Å². The van der Waals surface area contributed by atoms with E-state index in [0.717, 1.165) is 19.3 Å². The van der Waals surface area contributed by atoms with E-state index >= 15 is 0 Å². The topological polar surface area (TPSA) is 49.8 Å². The summed E-state index contributed by atoms with van der Waals surface area (Å²) < 4.78 is 18.8. The number of hydrogen-bond donors (Lipinski definition) is 1. The number of aliphatic hydroxyl groups excluding tert-OH is 1. The molecule has 1 saturated carbocycles. The molecule has 1 N–H and O–H groups in total. The minimum atomic E-state index is -0.351. The molecule has 0 unspecified atom stereocenters. The standard InChI is InChI=1S/C17H22FNO3/c18-13-4-1-3-12(9-13)10-17(21)19-7-8-22-11-15(19)14-5-2-6-16(14)20/h1,3-4,9,14-16,20H,2,5-8,10-11H2/t14-,15+,16-/m0/s1. The molecule has 2 aliphatic rings. The summed E-state index contributed by atoms with van der Waals surface area (Å²) in [6.07, 6.45) is 2.56. The second-order valence-corrected chi connectivity index (χ2v) is 6.20. The predicted octanol–water partition coefficient (Wildman–Crippen LogP) is 1.76. The Kier molecular flexibility index (Phi) is 4.74. The monoisotopic (exact) mass is 307 g/mol. The fourth-order valence-corrected chi connectivity index (χ4v) is 3.63. The van der Waals surface area contributed by atoms with Crippen LogP contribution in [0.2, 0.25) is 0 Å². The van der Waals surface area contributed by atoms with Crippen LogP contribution in [0.5, 0.6) is 0 Å². The van der Waals surface area contributed by atoms with Crippen molar-refractivity contribution >= 4 is 5.91 Å². The number of morpholine rings is 1. The van der Waals surface area contributed by atoms with E-state index < -0.39 is 0 Å². The van der Waals surface area contributed by atoms with Gasteiger partial charge in [-0.15, -0.1) is 0 Å². The van der Waals surface area contributed by atoms with Gasteiger partial charge >= 0.3 is 0 Å². The Balaban J connectivity index is 1.71. The van der Waals surface area contributed by atoms with Crippen molar-refractivity contribution in [3.63, 3.8) is 0 Å². The lowest BCUT2D eigenvalue weighted by atomic mass is 9.93. The molecule has 1 aromatic carbocycles. The largest absolute Gasteiger partial charge is 0.393 e. The van der Waals surface area contributed by atoms with Crippen molar-refractivity contribution in [2.45, 2.75) is 37.8 Å². The molecule has 3 rings (SSSR count). The van der Waals surface area contributed by atoms with Crippen LogP contribution >= 0.6 is 0 Å². The second-order valence-electron chi connectivity index (χ2n) is 6.20. The van der Waals surface area contributed by atoms with Gasteiger partial charge in [-0.2, -0.15) is 0 Å². The van der Waals surface area contributed by atoms with Crippen molar-refractivity contribution in [3.8, 4) is 0 Å². The highest BCUT2D eigenvalue weighted by Crippen LogP contribution is 2.32. The number of rotatable bonds is 3. The molecule has 22 heavy (non-hydrogen) atoms. The Bertz CT molecular complexity index is 536. The highest BCUT2D eigenvalue weighted by Gasteiger charge is 2.39. The zero-order valence-corrected chi connectivity index (χ0v) is 12.6. The fraction of sp³-hybridized carbons (Fsp3) is 0.588. The average molecular weight is 307 g/mol. The van der Waals surface area contributed by atoms with Crippen LogP contribution in [0.4, 0.5) is 4.39 Å². The van der Waals surface area contributed by atoms with E-state index in [1.54, 1.807) is 12.1 Å². The Hall–Kier alpha value is -1.46. The average Bonchev–Trinajstić information content (AvgIpc) is 2.93. The highest BCUT2D eigenvalue weighted by molar-refractivity contribution is 5.79. The molecule has 0 bridgehead atoms. The van der Waals surface area contributed by atoms with Crippen LogP contribution in [-0.4, -0.2) is 47.8 Å². The zero-order valence-electron chi connectivity index (χ0n) is 12.6. The Morgan fingerprint density at radius 1 is 1.41 bits per heavy atom. The minimum absolute atomic E-state index is 0.0157. The molecule has 1 aliphatic heterocycles. The summed E-state index contributed by atoms with van der Waals surface area (Å²) >= 11 is 0. The van der Waals surface area contributed by atoms with E-state index in [-0.39, 0.29) is 36.2 Å². The molecule has 0 aromatic heterocycles. The molecule has 1 saturated heterocycles. The molecule has 1 heterocycles. The van der Waals surface area contributed by atoms with Gasteiger partial charge in [-0.05, 0) is 30.5 Å². The van der Waals surface area contributed by atoms with E-state index in [2.05, 4.69) is 0 Å². The fourth-order valence-electron chi connectivity index (χ4n) is 3.63. The maximum atomic E-state index is 13.3. The molecule has 0 spiro atoms. The normalized spacial score (nSPS) is 28.8. The lowest BCUT2D eigenvalue weighted by Gasteiger charge is -2.40. The number of benzene rings is 1. The number of ether oxygens (including phenoxy) is 1. The summed E-state index contributed by atoms with van der Waals surface area (Å²) in [6.45, 7) is 1.55. The number of carbonyl (C=O) groups excluding carboxylic acids is 1. The van der Waals surface area contributed by atoms with Gasteiger partial charge < -0.3 is 14.7 Å². The van der Waals surface area contributed by atoms with Gasteiger partial charge in [-0.25, -0.2) is 4.39 Å². The first-order valence-corrected chi connectivity index (χ1v) is 7.95. The van der Waals surface area contributed by atoms with Crippen LogP contribution < -0.4 is 0 Å². The van der Waals surface area contributed by atoms with Crippen LogP contribution in [0.15, 0.2) is 24.3 Å². The number of amides is 1. The molecule has 3 atom stereocenters. The van der Waals surface area contributed by atoms with Gasteiger partial charge in [0.25, 0.3) is 0 Å². The summed E-state index contributed by atoms with van der Waals surface area (Å²) in [5.41, 5.74) is 0.683. The summed E-state index contributed by atoms with van der Waals surface area (Å²) in [5, 5.41) is 10.1. The Morgan fingerprint density at radius 3 is 3.00 bits per heavy atom. The van der Waals surface area contributed by atoms with Crippen molar-refractivity contribution in [2.75, 3.05) is 19.8 Å². The number of halogens is 1. The number of aliphatic hydroxyl groups is 1. The maximum absolute atomic E-state index is 13.3. The summed E-state index contributed by atoms with van der Waals surface area (Å²) in [5.74, 6) is -0.246. The number of nitrogens with zero attached hydrogens (tertiary/aromatic N) is 1. The molecule has 5 heteroatoms. The molecule has 0 radical (unpaired) electrons. The van der Waals surface area contributed by atoms with E-state index in [9.17, 15) is 14.3 Å². The van der Waals surface area contributed by atoms with Crippen molar-refractivity contribution in [1.82, 2.24) is 4.90 Å². The lowest BCUT2D eigenvalue weighted by molar-refractivity contribution is -0.143. The van der Waals surface area contributed by atoms with Crippen LogP contribution in [0.1, 0.15) is 24.8 Å². The predicted molar refractivity (Wildman–Crippen MR) is 79.8 cm³/mol. The molecule has 120 valence electrons. The summed E-state index contributed by atoms with van der Waals surface area (Å²) in [4.78, 5) is 14.4. The van der Waals surface area contributed by atoms with Crippen molar-refractivity contribution < 1.29 is 19.0 Å². The van der Waals surface area contributed by atoms with Gasteiger partial charge in [0.05, 0.1) is 31.8 Å². The van der Waals surface area contributed by atoms with Gasteiger partial charge in [0, 0.05) is 12.5 Å². The van der Waals surface area contributed by atoms with E-state index in [1.807, 2.05) is 4.90 Å². The molecule has 1 aromatic rings. The maximum Gasteiger partial charge on any atom is 0.227 e. The van der Waals surface area contributed by atoms with Gasteiger partial charge in [-0.1, -0.05) is 18.6 Å². The molecule has 4 nitrogen and oxygen atoms in total. The Labute approximate surface area is 129 Å². The quantitative estimate of drug-likeness (QED) is 0.926. The van der Waals surface area contributed by atoms with Crippen molar-refractivity contribution in [1.29, 1.82) is 0 Å². The highest BCUT2D eigenvalue weighted by atomic mass is 19.1. The first kappa shape index (κ1) is 15.4. The van der Waals surface area contributed by atoms with E-state index in [4.69, 9.17) is 4.74 Å². The van der Waals surface area contributed by atoms with E-state index in [1.165, 1.54) is 12.1 Å². The van der Waals surface area contributed by atoms with Crippen molar-refractivity contribution in [3.05, 3.63) is 35.6 Å². The van der Waals surface area contributed by atoms with Gasteiger partial charge in [0.2, 0.25) is 5.91 Å². The summed E-state index contributed by atoms with van der Waals surface area (Å²) in [6, 6.07) is 6.10. The third kappa shape index (κ3) is 3.31. The van der Waals surface area contributed by atoms with Crippen LogP contribution in [0.25, 0.3) is 0 Å².